The van der Waals surface area contributed by atoms with Crippen molar-refractivity contribution in [3.05, 3.63) is 99.1 Å². The summed E-state index contributed by atoms with van der Waals surface area (Å²) in [6.45, 7) is 4.06. The van der Waals surface area contributed by atoms with Crippen molar-refractivity contribution in [2.45, 2.75) is 20.3 Å². The molecular formula is C25H23N3O6. The van der Waals surface area contributed by atoms with Gasteiger partial charge in [0.05, 0.1) is 29.7 Å². The normalized spacial score (nSPS) is 10.6. The maximum absolute atomic E-state index is 12.5. The predicted octanol–water partition coefficient (Wildman–Crippen LogP) is 4.21. The third-order valence-corrected chi connectivity index (χ3v) is 4.64. The Morgan fingerprint density at radius 2 is 1.82 bits per heavy atom. The number of hydrogen-bond donors (Lipinski definition) is 1. The van der Waals surface area contributed by atoms with Gasteiger partial charge in [0.1, 0.15) is 0 Å². The minimum Gasteiger partial charge on any atom is -0.490 e. The van der Waals surface area contributed by atoms with Crippen molar-refractivity contribution < 1.29 is 24.0 Å². The second-order valence-corrected chi connectivity index (χ2v) is 7.29. The number of carbonyl (C=O) groups is 2. The van der Waals surface area contributed by atoms with Crippen molar-refractivity contribution in [1.29, 1.82) is 0 Å². The molecule has 34 heavy (non-hydrogen) atoms. The van der Waals surface area contributed by atoms with E-state index in [1.165, 1.54) is 30.5 Å². The zero-order chi connectivity index (χ0) is 24.5. The molecule has 0 saturated carbocycles. The molecule has 0 aliphatic carbocycles. The number of aryl methyl sites for hydroxylation is 1. The molecule has 0 aromatic heterocycles. The second kappa shape index (κ2) is 11.4. The van der Waals surface area contributed by atoms with E-state index in [1.807, 2.05) is 19.9 Å². The van der Waals surface area contributed by atoms with Crippen LogP contribution in [-0.4, -0.2) is 29.6 Å². The lowest BCUT2D eigenvalue weighted by atomic mass is 10.1. The maximum Gasteiger partial charge on any atom is 0.343 e. The predicted molar refractivity (Wildman–Crippen MR) is 126 cm³/mol. The number of non-ortho nitro benzene ring substituents is 1. The fourth-order valence-corrected chi connectivity index (χ4v) is 3.03. The van der Waals surface area contributed by atoms with Gasteiger partial charge in [0, 0.05) is 12.1 Å². The number of carbonyl (C=O) groups excluding carboxylic acids is 2. The van der Waals surface area contributed by atoms with Gasteiger partial charge in [-0.3, -0.25) is 14.9 Å². The van der Waals surface area contributed by atoms with Gasteiger partial charge in [0.25, 0.3) is 5.69 Å². The summed E-state index contributed by atoms with van der Waals surface area (Å²) < 4.78 is 11.1. The van der Waals surface area contributed by atoms with Crippen LogP contribution < -0.4 is 14.9 Å². The molecular weight excluding hydrogens is 438 g/mol. The minimum atomic E-state index is -0.501. The highest BCUT2D eigenvalue weighted by molar-refractivity contribution is 5.92. The van der Waals surface area contributed by atoms with E-state index in [1.54, 1.807) is 36.4 Å². The zero-order valence-electron chi connectivity index (χ0n) is 18.7. The summed E-state index contributed by atoms with van der Waals surface area (Å²) >= 11 is 0. The van der Waals surface area contributed by atoms with Crippen LogP contribution in [0.4, 0.5) is 5.69 Å². The number of benzene rings is 3. The lowest BCUT2D eigenvalue weighted by Gasteiger charge is -2.11. The Balaban J connectivity index is 1.63. The molecule has 0 fully saturated rings. The summed E-state index contributed by atoms with van der Waals surface area (Å²) in [5.41, 5.74) is 4.99. The Kier molecular flexibility index (Phi) is 8.07. The van der Waals surface area contributed by atoms with Crippen LogP contribution in [0.1, 0.15) is 34.0 Å². The maximum atomic E-state index is 12.5. The van der Waals surface area contributed by atoms with Crippen LogP contribution in [0.2, 0.25) is 0 Å². The van der Waals surface area contributed by atoms with E-state index < -0.39 is 10.9 Å². The van der Waals surface area contributed by atoms with E-state index in [2.05, 4.69) is 10.5 Å². The Morgan fingerprint density at radius 1 is 1.06 bits per heavy atom. The molecule has 0 spiro atoms. The summed E-state index contributed by atoms with van der Waals surface area (Å²) in [6, 6.07) is 17.7. The van der Waals surface area contributed by atoms with Gasteiger partial charge in [0.15, 0.2) is 11.5 Å². The van der Waals surface area contributed by atoms with Crippen LogP contribution in [-0.2, 0) is 11.2 Å². The average molecular weight is 461 g/mol. The molecule has 0 aliphatic rings. The first kappa shape index (κ1) is 24.1. The van der Waals surface area contributed by atoms with E-state index in [0.717, 1.165) is 5.56 Å². The quantitative estimate of drug-likeness (QED) is 0.168. The van der Waals surface area contributed by atoms with E-state index in [0.29, 0.717) is 29.0 Å². The van der Waals surface area contributed by atoms with E-state index in [4.69, 9.17) is 9.47 Å². The molecule has 0 radical (unpaired) electrons. The molecule has 174 valence electrons. The Bertz CT molecular complexity index is 1220. The number of ether oxygens (including phenoxy) is 2. The number of hydrazone groups is 1. The molecule has 3 aromatic carbocycles. The number of amides is 1. The summed E-state index contributed by atoms with van der Waals surface area (Å²) in [6.07, 6.45) is 1.45. The largest absolute Gasteiger partial charge is 0.490 e. The number of nitro benzene ring substituents is 1. The highest BCUT2D eigenvalue weighted by Gasteiger charge is 2.13. The highest BCUT2D eigenvalue weighted by Crippen LogP contribution is 2.29. The first-order chi connectivity index (χ1) is 16.4. The van der Waals surface area contributed by atoms with Gasteiger partial charge in [-0.05, 0) is 55.3 Å². The van der Waals surface area contributed by atoms with Crippen LogP contribution in [0.5, 0.6) is 11.5 Å². The monoisotopic (exact) mass is 461 g/mol. The van der Waals surface area contributed by atoms with Gasteiger partial charge in [0.2, 0.25) is 5.91 Å². The zero-order valence-corrected chi connectivity index (χ0v) is 18.7. The molecule has 0 unspecified atom stereocenters. The molecule has 9 nitrogen and oxygen atoms in total. The van der Waals surface area contributed by atoms with Crippen molar-refractivity contribution in [2.75, 3.05) is 6.61 Å². The molecule has 0 atom stereocenters. The topological polar surface area (TPSA) is 120 Å². The van der Waals surface area contributed by atoms with E-state index in [9.17, 15) is 19.7 Å². The lowest BCUT2D eigenvalue weighted by molar-refractivity contribution is -0.384. The van der Waals surface area contributed by atoms with Crippen molar-refractivity contribution in [1.82, 2.24) is 5.43 Å². The lowest BCUT2D eigenvalue weighted by Crippen LogP contribution is -2.19. The van der Waals surface area contributed by atoms with Gasteiger partial charge < -0.3 is 9.47 Å². The number of rotatable bonds is 9. The minimum absolute atomic E-state index is 0.0212. The van der Waals surface area contributed by atoms with Crippen LogP contribution in [0.25, 0.3) is 0 Å². The molecule has 3 rings (SSSR count). The van der Waals surface area contributed by atoms with Gasteiger partial charge in [-0.25, -0.2) is 10.2 Å². The third-order valence-electron chi connectivity index (χ3n) is 4.64. The van der Waals surface area contributed by atoms with Crippen LogP contribution >= 0.6 is 0 Å². The molecule has 0 aliphatic heterocycles. The third kappa shape index (κ3) is 6.73. The Hall–Kier alpha value is -4.53. The van der Waals surface area contributed by atoms with Crippen molar-refractivity contribution in [3.63, 3.8) is 0 Å². The fraction of sp³-hybridized carbons (Fsp3) is 0.160. The van der Waals surface area contributed by atoms with Gasteiger partial charge in [-0.1, -0.05) is 29.8 Å². The molecule has 0 bridgehead atoms. The van der Waals surface area contributed by atoms with E-state index >= 15 is 0 Å². The smallest absolute Gasteiger partial charge is 0.343 e. The van der Waals surface area contributed by atoms with Gasteiger partial charge in [-0.2, -0.15) is 5.10 Å². The fourth-order valence-electron chi connectivity index (χ4n) is 3.03. The van der Waals surface area contributed by atoms with Gasteiger partial charge >= 0.3 is 5.97 Å². The Morgan fingerprint density at radius 3 is 2.50 bits per heavy atom. The molecule has 0 saturated heterocycles. The number of hydrogen-bond acceptors (Lipinski definition) is 7. The molecule has 1 N–H and O–H groups in total. The first-order valence-corrected chi connectivity index (χ1v) is 10.5. The van der Waals surface area contributed by atoms with Gasteiger partial charge in [-0.15, -0.1) is 0 Å². The van der Waals surface area contributed by atoms with Crippen molar-refractivity contribution in [2.24, 2.45) is 5.10 Å². The van der Waals surface area contributed by atoms with Crippen LogP contribution in [0.3, 0.4) is 0 Å². The van der Waals surface area contributed by atoms with Crippen LogP contribution in [0.15, 0.2) is 71.8 Å². The van der Waals surface area contributed by atoms with E-state index in [-0.39, 0.29) is 23.8 Å². The molecule has 1 amide bonds. The molecule has 0 heterocycles. The molecule has 3 aromatic rings. The average Bonchev–Trinajstić information content (AvgIpc) is 2.81. The summed E-state index contributed by atoms with van der Waals surface area (Å²) in [5.74, 6) is -0.235. The van der Waals surface area contributed by atoms with Crippen molar-refractivity contribution in [3.8, 4) is 11.5 Å². The number of nitro groups is 1. The van der Waals surface area contributed by atoms with Crippen LogP contribution in [0, 0.1) is 17.0 Å². The first-order valence-electron chi connectivity index (χ1n) is 10.5. The van der Waals surface area contributed by atoms with Crippen molar-refractivity contribution >= 4 is 23.8 Å². The number of esters is 1. The summed E-state index contributed by atoms with van der Waals surface area (Å²) in [7, 11) is 0. The number of nitrogens with one attached hydrogen (secondary N) is 1. The number of nitrogens with zero attached hydrogens (tertiary/aromatic N) is 2. The summed E-state index contributed by atoms with van der Waals surface area (Å²) in [4.78, 5) is 34.8. The summed E-state index contributed by atoms with van der Waals surface area (Å²) in [5, 5.41) is 14.6. The highest BCUT2D eigenvalue weighted by atomic mass is 16.6. The molecule has 9 heteroatoms. The SMILES string of the molecule is CCOc1cc(/C=N/NC(=O)Cc2ccc([N+](=O)[O-])cc2)ccc1OC(=O)c1cccc(C)c1. The standard InChI is InChI=1S/C25H23N3O6/c1-3-33-23-14-19(9-12-22(23)34-25(30)20-6-4-5-17(2)13-20)16-26-27-24(29)15-18-7-10-21(11-8-18)28(31)32/h4-14,16H,3,15H2,1-2H3,(H,27,29)/b26-16+. The second-order valence-electron chi connectivity index (χ2n) is 7.29. The Labute approximate surface area is 196 Å².